The summed E-state index contributed by atoms with van der Waals surface area (Å²) in [6.07, 6.45) is 1.33. The number of fused-ring (bicyclic) bond motifs is 2. The highest BCUT2D eigenvalue weighted by molar-refractivity contribution is 6.44. The van der Waals surface area contributed by atoms with E-state index in [2.05, 4.69) is 0 Å². The topological polar surface area (TPSA) is 74.6 Å². The highest BCUT2D eigenvalue weighted by Crippen LogP contribution is 2.46. The van der Waals surface area contributed by atoms with Crippen LogP contribution in [-0.4, -0.2) is 21.8 Å². The molecule has 2 N–H and O–H groups in total. The van der Waals surface area contributed by atoms with Gasteiger partial charge in [0.25, 0.3) is 0 Å². The molecule has 138 valence electrons. The summed E-state index contributed by atoms with van der Waals surface area (Å²) in [6, 6.07) is 13.9. The molecule has 0 radical (unpaired) electrons. The molecule has 28 heavy (non-hydrogen) atoms. The van der Waals surface area contributed by atoms with Gasteiger partial charge in [0.05, 0.1) is 15.6 Å². The molecule has 0 fully saturated rings. The normalized spacial score (nSPS) is 13.9. The molecule has 0 spiro atoms. The number of hydrogen-bond donors (Lipinski definition) is 2. The SMILES string of the molecule is O=C(C=C1c2ccccc2C(=O)c2c(O)cc(Cl)c(Cl)c21)c1cccc(O)c1. The molecule has 0 bridgehead atoms. The summed E-state index contributed by atoms with van der Waals surface area (Å²) in [5.74, 6) is -1.14. The van der Waals surface area contributed by atoms with E-state index in [4.69, 9.17) is 23.2 Å². The van der Waals surface area contributed by atoms with Gasteiger partial charge in [-0.15, -0.1) is 0 Å². The molecule has 0 aromatic heterocycles. The largest absolute Gasteiger partial charge is 0.508 e. The van der Waals surface area contributed by atoms with E-state index in [9.17, 15) is 19.8 Å². The molecule has 1 aliphatic rings. The lowest BCUT2D eigenvalue weighted by atomic mass is 9.80. The average molecular weight is 411 g/mol. The minimum Gasteiger partial charge on any atom is -0.508 e. The molecule has 4 nitrogen and oxygen atoms in total. The Morgan fingerprint density at radius 1 is 0.893 bits per heavy atom. The van der Waals surface area contributed by atoms with Gasteiger partial charge in [-0.2, -0.15) is 0 Å². The molecule has 0 amide bonds. The summed E-state index contributed by atoms with van der Waals surface area (Å²) in [6.45, 7) is 0. The van der Waals surface area contributed by atoms with Gasteiger partial charge in [0, 0.05) is 22.8 Å². The maximum atomic E-state index is 12.9. The number of aromatic hydroxyl groups is 2. The summed E-state index contributed by atoms with van der Waals surface area (Å²) in [4.78, 5) is 25.8. The number of allylic oxidation sites excluding steroid dienone is 1. The van der Waals surface area contributed by atoms with Crippen LogP contribution in [0.3, 0.4) is 0 Å². The lowest BCUT2D eigenvalue weighted by Crippen LogP contribution is -2.16. The van der Waals surface area contributed by atoms with Crippen molar-refractivity contribution in [2.24, 2.45) is 0 Å². The van der Waals surface area contributed by atoms with Gasteiger partial charge in [0.1, 0.15) is 11.5 Å². The van der Waals surface area contributed by atoms with Crippen LogP contribution in [0.15, 0.2) is 60.7 Å². The van der Waals surface area contributed by atoms with Crippen molar-refractivity contribution in [3.63, 3.8) is 0 Å². The summed E-state index contributed by atoms with van der Waals surface area (Å²) >= 11 is 12.5. The van der Waals surface area contributed by atoms with E-state index in [-0.39, 0.29) is 38.2 Å². The number of phenolic OH excluding ortho intramolecular Hbond substituents is 2. The fourth-order valence-electron chi connectivity index (χ4n) is 3.30. The molecule has 0 saturated carbocycles. The average Bonchev–Trinajstić information content (AvgIpc) is 2.68. The van der Waals surface area contributed by atoms with E-state index in [1.807, 2.05) is 0 Å². The first kappa shape index (κ1) is 18.3. The summed E-state index contributed by atoms with van der Waals surface area (Å²) < 4.78 is 0. The minimum absolute atomic E-state index is 0.00283. The Morgan fingerprint density at radius 2 is 1.61 bits per heavy atom. The smallest absolute Gasteiger partial charge is 0.198 e. The Kier molecular flexibility index (Phi) is 4.46. The van der Waals surface area contributed by atoms with Gasteiger partial charge < -0.3 is 10.2 Å². The first-order valence-electron chi connectivity index (χ1n) is 8.29. The quantitative estimate of drug-likeness (QED) is 0.349. The maximum absolute atomic E-state index is 12.9. The van der Waals surface area contributed by atoms with Crippen LogP contribution < -0.4 is 0 Å². The van der Waals surface area contributed by atoms with Crippen LogP contribution in [-0.2, 0) is 0 Å². The maximum Gasteiger partial charge on any atom is 0.198 e. The lowest BCUT2D eigenvalue weighted by Gasteiger charge is -2.24. The minimum atomic E-state index is -0.399. The van der Waals surface area contributed by atoms with Crippen molar-refractivity contribution in [2.45, 2.75) is 0 Å². The van der Waals surface area contributed by atoms with Crippen molar-refractivity contribution in [1.29, 1.82) is 0 Å². The van der Waals surface area contributed by atoms with Crippen molar-refractivity contribution in [2.75, 3.05) is 0 Å². The number of carbonyl (C=O) groups is 2. The van der Waals surface area contributed by atoms with Gasteiger partial charge in [0.15, 0.2) is 11.6 Å². The molecule has 0 atom stereocenters. The Morgan fingerprint density at radius 3 is 2.32 bits per heavy atom. The number of hydrogen-bond acceptors (Lipinski definition) is 4. The fourth-order valence-corrected chi connectivity index (χ4v) is 3.75. The monoisotopic (exact) mass is 410 g/mol. The van der Waals surface area contributed by atoms with Gasteiger partial charge in [-0.3, -0.25) is 9.59 Å². The second-order valence-electron chi connectivity index (χ2n) is 6.29. The number of carbonyl (C=O) groups excluding carboxylic acids is 2. The summed E-state index contributed by atoms with van der Waals surface area (Å²) in [7, 11) is 0. The second kappa shape index (κ2) is 6.82. The number of phenols is 2. The van der Waals surface area contributed by atoms with Gasteiger partial charge in [-0.1, -0.05) is 59.6 Å². The Bertz CT molecular complexity index is 1200. The van der Waals surface area contributed by atoms with Crippen molar-refractivity contribution in [3.8, 4) is 11.5 Å². The van der Waals surface area contributed by atoms with Gasteiger partial charge >= 0.3 is 0 Å². The van der Waals surface area contributed by atoms with Crippen LogP contribution in [0.4, 0.5) is 0 Å². The Hall–Kier alpha value is -3.08. The fraction of sp³-hybridized carbons (Fsp3) is 0. The molecule has 3 aromatic carbocycles. The van der Waals surface area contributed by atoms with Crippen molar-refractivity contribution in [1.82, 2.24) is 0 Å². The van der Waals surface area contributed by atoms with E-state index >= 15 is 0 Å². The van der Waals surface area contributed by atoms with Crippen LogP contribution in [0.2, 0.25) is 10.0 Å². The molecule has 1 aliphatic carbocycles. The van der Waals surface area contributed by atoms with Crippen LogP contribution in [0, 0.1) is 0 Å². The first-order valence-corrected chi connectivity index (χ1v) is 9.04. The molecule has 0 saturated heterocycles. The van der Waals surface area contributed by atoms with Crippen LogP contribution in [0.1, 0.15) is 37.4 Å². The molecule has 6 heteroatoms. The van der Waals surface area contributed by atoms with Crippen LogP contribution in [0.25, 0.3) is 5.57 Å². The van der Waals surface area contributed by atoms with Crippen LogP contribution in [0.5, 0.6) is 11.5 Å². The van der Waals surface area contributed by atoms with E-state index in [0.717, 1.165) is 0 Å². The van der Waals surface area contributed by atoms with Crippen molar-refractivity contribution >= 4 is 40.3 Å². The first-order chi connectivity index (χ1) is 13.4. The zero-order valence-electron chi connectivity index (χ0n) is 14.2. The lowest BCUT2D eigenvalue weighted by molar-refractivity contribution is 0.102. The van der Waals surface area contributed by atoms with E-state index in [1.165, 1.54) is 24.3 Å². The number of ketones is 2. The highest BCUT2D eigenvalue weighted by Gasteiger charge is 2.32. The summed E-state index contributed by atoms with van der Waals surface area (Å²) in [5, 5.41) is 20.1. The zero-order valence-corrected chi connectivity index (χ0v) is 15.8. The third-order valence-corrected chi connectivity index (χ3v) is 5.35. The van der Waals surface area contributed by atoms with Gasteiger partial charge in [-0.05, 0) is 29.3 Å². The third-order valence-electron chi connectivity index (χ3n) is 4.56. The van der Waals surface area contributed by atoms with E-state index in [0.29, 0.717) is 16.7 Å². The predicted molar refractivity (Wildman–Crippen MR) is 108 cm³/mol. The summed E-state index contributed by atoms with van der Waals surface area (Å²) in [5.41, 5.74) is 1.72. The standard InChI is InChI=1S/C22H12Cl2O4/c23-16-10-18(27)20-19(21(16)24)15(13-6-1-2-7-14(13)22(20)28)9-17(26)11-4-3-5-12(25)8-11/h1-10,25,27H. The molecule has 0 unspecified atom stereocenters. The van der Waals surface area contributed by atoms with Crippen LogP contribution >= 0.6 is 23.2 Å². The molecule has 0 heterocycles. The van der Waals surface area contributed by atoms with E-state index < -0.39 is 11.6 Å². The molecular weight excluding hydrogens is 399 g/mol. The molecule has 3 aromatic rings. The van der Waals surface area contributed by atoms with Gasteiger partial charge in [-0.25, -0.2) is 0 Å². The number of benzene rings is 3. The Balaban J connectivity index is 2.02. The van der Waals surface area contributed by atoms with Gasteiger partial charge in [0.2, 0.25) is 0 Å². The predicted octanol–water partition coefficient (Wildman–Crippen LogP) is 5.26. The molecule has 0 aliphatic heterocycles. The Labute approximate surface area is 170 Å². The number of halogens is 2. The zero-order chi connectivity index (χ0) is 20.0. The number of rotatable bonds is 2. The second-order valence-corrected chi connectivity index (χ2v) is 7.07. The molecule has 4 rings (SSSR count). The third kappa shape index (κ3) is 2.87. The highest BCUT2D eigenvalue weighted by atomic mass is 35.5. The van der Waals surface area contributed by atoms with E-state index in [1.54, 1.807) is 36.4 Å². The van der Waals surface area contributed by atoms with Crippen molar-refractivity contribution in [3.05, 3.63) is 98.5 Å². The molecular formula is C22H12Cl2O4. The van der Waals surface area contributed by atoms with Crippen molar-refractivity contribution < 1.29 is 19.8 Å².